The number of phosphoric ester groups is 1. The van der Waals surface area contributed by atoms with Crippen LogP contribution in [0.5, 0.6) is 0 Å². The Morgan fingerprint density at radius 1 is 0.561 bits per heavy atom. The van der Waals surface area contributed by atoms with Crippen LogP contribution in [0.2, 0.25) is 0 Å². The molecule has 0 rings (SSSR count). The third-order valence-corrected chi connectivity index (χ3v) is 9.37. The van der Waals surface area contributed by atoms with E-state index in [2.05, 4.69) is 98.9 Å². The van der Waals surface area contributed by atoms with Crippen molar-refractivity contribution in [3.05, 3.63) is 97.2 Å². The van der Waals surface area contributed by atoms with Crippen LogP contribution in [0.25, 0.3) is 0 Å². The maximum Gasteiger partial charge on any atom is 0.472 e. The molecular formula is C47H78NO8P. The molecular weight excluding hydrogens is 737 g/mol. The zero-order valence-electron chi connectivity index (χ0n) is 36.0. The predicted octanol–water partition coefficient (Wildman–Crippen LogP) is 12.4. The fraction of sp³-hybridized carbons (Fsp3) is 0.617. The second-order valence-electron chi connectivity index (χ2n) is 14.1. The van der Waals surface area contributed by atoms with E-state index in [0.717, 1.165) is 77.0 Å². The molecule has 10 heteroatoms. The van der Waals surface area contributed by atoms with E-state index >= 15 is 0 Å². The summed E-state index contributed by atoms with van der Waals surface area (Å²) in [5.74, 6) is -0.930. The highest BCUT2D eigenvalue weighted by atomic mass is 31.2. The molecule has 2 unspecified atom stereocenters. The fourth-order valence-corrected chi connectivity index (χ4v) is 5.84. The van der Waals surface area contributed by atoms with Gasteiger partial charge in [-0.25, -0.2) is 4.57 Å². The Morgan fingerprint density at radius 3 is 1.56 bits per heavy atom. The van der Waals surface area contributed by atoms with E-state index in [9.17, 15) is 19.0 Å². The lowest BCUT2D eigenvalue weighted by Crippen LogP contribution is -2.29. The summed E-state index contributed by atoms with van der Waals surface area (Å²) in [5.41, 5.74) is 0. The number of likely N-dealkylation sites (N-methyl/N-ethyl adjacent to an activating group) is 1. The predicted molar refractivity (Wildman–Crippen MR) is 238 cm³/mol. The van der Waals surface area contributed by atoms with Crippen LogP contribution in [-0.4, -0.2) is 68.3 Å². The molecule has 0 bridgehead atoms. The molecule has 0 aromatic carbocycles. The smallest absolute Gasteiger partial charge is 0.462 e. The Labute approximate surface area is 347 Å². The first-order valence-electron chi connectivity index (χ1n) is 21.5. The number of rotatable bonds is 38. The van der Waals surface area contributed by atoms with Crippen LogP contribution in [0.4, 0.5) is 0 Å². The highest BCUT2D eigenvalue weighted by Crippen LogP contribution is 2.43. The van der Waals surface area contributed by atoms with Gasteiger partial charge >= 0.3 is 19.8 Å². The van der Waals surface area contributed by atoms with E-state index < -0.39 is 32.5 Å². The Kier molecular flexibility index (Phi) is 38.9. The molecule has 0 aromatic heterocycles. The number of esters is 2. The zero-order chi connectivity index (χ0) is 41.9. The Hall–Kier alpha value is -3.07. The van der Waals surface area contributed by atoms with Gasteiger partial charge in [0, 0.05) is 19.4 Å². The maximum absolute atomic E-state index is 12.6. The van der Waals surface area contributed by atoms with Gasteiger partial charge < -0.3 is 19.3 Å². The average Bonchev–Trinajstić information content (AvgIpc) is 3.18. The zero-order valence-corrected chi connectivity index (χ0v) is 36.9. The van der Waals surface area contributed by atoms with E-state index in [1.54, 1.807) is 4.90 Å². The highest BCUT2D eigenvalue weighted by Gasteiger charge is 2.26. The van der Waals surface area contributed by atoms with Gasteiger partial charge in [0.1, 0.15) is 6.61 Å². The molecule has 0 aliphatic carbocycles. The summed E-state index contributed by atoms with van der Waals surface area (Å²) >= 11 is 0. The van der Waals surface area contributed by atoms with Gasteiger partial charge in [-0.3, -0.25) is 18.6 Å². The van der Waals surface area contributed by atoms with Crippen molar-refractivity contribution in [1.29, 1.82) is 0 Å². The highest BCUT2D eigenvalue weighted by molar-refractivity contribution is 7.47. The maximum atomic E-state index is 12.6. The standard InChI is InChI=1S/C47H78NO8P/c1-5-7-9-11-13-15-17-19-21-22-23-24-26-28-30-32-34-36-38-40-47(50)56-45(44-55-57(51,52)54-42-41-48(3)4)43-53-46(49)39-37-35-33-31-29-27-25-20-18-16-14-12-10-8-6-2/h8,10,13-16,19-21,23-25,28,30,34,36,45H,5-7,9,11-12,17-18,22,26-27,29,31-33,35,37-44H2,1-4H3,(H,51,52)/b10-8-,15-13-,16-14-,21-19-,24-23-,25-20-,30-28-,36-34-. The molecule has 0 aliphatic heterocycles. The van der Waals surface area contributed by atoms with Gasteiger partial charge in [0.25, 0.3) is 0 Å². The summed E-state index contributed by atoms with van der Waals surface area (Å²) in [4.78, 5) is 37.0. The third-order valence-electron chi connectivity index (χ3n) is 8.39. The van der Waals surface area contributed by atoms with Crippen molar-refractivity contribution >= 4 is 19.8 Å². The van der Waals surface area contributed by atoms with Gasteiger partial charge in [0.05, 0.1) is 13.2 Å². The lowest BCUT2D eigenvalue weighted by Gasteiger charge is -2.20. The number of carbonyl (C=O) groups is 2. The molecule has 1 N–H and O–H groups in total. The molecule has 57 heavy (non-hydrogen) atoms. The lowest BCUT2D eigenvalue weighted by atomic mass is 10.1. The minimum absolute atomic E-state index is 0.0145. The van der Waals surface area contributed by atoms with Crippen LogP contribution in [0.1, 0.15) is 142 Å². The number of unbranched alkanes of at least 4 members (excludes halogenated alkanes) is 8. The largest absolute Gasteiger partial charge is 0.472 e. The van der Waals surface area contributed by atoms with Gasteiger partial charge in [0.2, 0.25) is 0 Å². The quantitative estimate of drug-likeness (QED) is 0.0282. The molecule has 0 fully saturated rings. The van der Waals surface area contributed by atoms with Crippen LogP contribution >= 0.6 is 7.82 Å². The number of phosphoric acid groups is 1. The Bertz CT molecular complexity index is 1260. The van der Waals surface area contributed by atoms with E-state index in [4.69, 9.17) is 18.5 Å². The van der Waals surface area contributed by atoms with Crippen LogP contribution < -0.4 is 0 Å². The van der Waals surface area contributed by atoms with E-state index in [0.29, 0.717) is 19.4 Å². The van der Waals surface area contributed by atoms with Crippen molar-refractivity contribution in [2.45, 2.75) is 148 Å². The number of carbonyl (C=O) groups excluding carboxylic acids is 2. The van der Waals surface area contributed by atoms with Crippen LogP contribution in [0.3, 0.4) is 0 Å². The Morgan fingerprint density at radius 2 is 1.04 bits per heavy atom. The van der Waals surface area contributed by atoms with Crippen LogP contribution in [-0.2, 0) is 32.7 Å². The van der Waals surface area contributed by atoms with Crippen molar-refractivity contribution in [3.8, 4) is 0 Å². The van der Waals surface area contributed by atoms with Crippen LogP contribution in [0, 0.1) is 0 Å². The molecule has 0 heterocycles. The second-order valence-corrected chi connectivity index (χ2v) is 15.6. The first-order valence-corrected chi connectivity index (χ1v) is 23.0. The SMILES string of the molecule is CC/C=C\C/C=C\C/C=C\CCCCCCCC(=O)OCC(COP(=O)(O)OCCN(C)C)OC(=O)CC/C=C\C/C=C\C/C=C\C/C=C\C/C=C\CCCCC. The summed E-state index contributed by atoms with van der Waals surface area (Å²) in [6, 6.07) is 0. The average molecular weight is 816 g/mol. The summed E-state index contributed by atoms with van der Waals surface area (Å²) in [6.07, 6.45) is 51.8. The monoisotopic (exact) mass is 816 g/mol. The van der Waals surface area contributed by atoms with E-state index in [-0.39, 0.29) is 26.1 Å². The molecule has 0 saturated carbocycles. The summed E-state index contributed by atoms with van der Waals surface area (Å²) in [7, 11) is -0.770. The van der Waals surface area contributed by atoms with Crippen molar-refractivity contribution < 1.29 is 37.6 Å². The molecule has 9 nitrogen and oxygen atoms in total. The molecule has 0 amide bonds. The minimum atomic E-state index is -4.39. The normalized spacial score (nSPS) is 14.4. The molecule has 0 aromatic rings. The first-order chi connectivity index (χ1) is 27.7. The van der Waals surface area contributed by atoms with E-state index in [1.807, 2.05) is 26.2 Å². The number of hydrogen-bond acceptors (Lipinski definition) is 8. The number of nitrogens with zero attached hydrogens (tertiary/aromatic N) is 1. The Balaban J connectivity index is 4.48. The van der Waals surface area contributed by atoms with Crippen LogP contribution in [0.15, 0.2) is 97.2 Å². The van der Waals surface area contributed by atoms with Crippen molar-refractivity contribution in [2.75, 3.05) is 40.5 Å². The third kappa shape index (κ3) is 42.4. The summed E-state index contributed by atoms with van der Waals surface area (Å²) in [5, 5.41) is 0. The van der Waals surface area contributed by atoms with Gasteiger partial charge in [-0.05, 0) is 97.6 Å². The van der Waals surface area contributed by atoms with Gasteiger partial charge in [-0.15, -0.1) is 0 Å². The first kappa shape index (κ1) is 53.9. The lowest BCUT2D eigenvalue weighted by molar-refractivity contribution is -0.161. The van der Waals surface area contributed by atoms with Crippen molar-refractivity contribution in [3.63, 3.8) is 0 Å². The van der Waals surface area contributed by atoms with Crippen molar-refractivity contribution in [1.82, 2.24) is 4.90 Å². The van der Waals surface area contributed by atoms with Gasteiger partial charge in [-0.2, -0.15) is 0 Å². The number of ether oxygens (including phenoxy) is 2. The minimum Gasteiger partial charge on any atom is -0.462 e. The molecule has 0 radical (unpaired) electrons. The topological polar surface area (TPSA) is 112 Å². The van der Waals surface area contributed by atoms with Gasteiger partial charge in [0.15, 0.2) is 6.10 Å². The molecule has 0 spiro atoms. The summed E-state index contributed by atoms with van der Waals surface area (Å²) < 4.78 is 33.3. The van der Waals surface area contributed by atoms with Gasteiger partial charge in [-0.1, -0.05) is 143 Å². The second kappa shape index (κ2) is 41.1. The molecule has 0 aliphatic rings. The van der Waals surface area contributed by atoms with Crippen molar-refractivity contribution in [2.24, 2.45) is 0 Å². The molecule has 324 valence electrons. The number of allylic oxidation sites excluding steroid dienone is 16. The fourth-order valence-electron chi connectivity index (χ4n) is 5.09. The number of hydrogen-bond donors (Lipinski definition) is 1. The van der Waals surface area contributed by atoms with E-state index in [1.165, 1.54) is 25.7 Å². The summed E-state index contributed by atoms with van der Waals surface area (Å²) in [6.45, 7) is 4.05. The molecule has 2 atom stereocenters. The molecule has 0 saturated heterocycles.